The van der Waals surface area contributed by atoms with Crippen molar-refractivity contribution in [1.82, 2.24) is 15.5 Å². The Morgan fingerprint density at radius 2 is 2.05 bits per heavy atom. The van der Waals surface area contributed by atoms with Gasteiger partial charge in [0, 0.05) is 25.7 Å². The number of carbonyl (C=O) groups excluding carboxylic acids is 3. The van der Waals surface area contributed by atoms with Crippen molar-refractivity contribution in [3.63, 3.8) is 0 Å². The molecule has 1 aromatic rings. The average molecular weight is 273 g/mol. The first-order valence-electron chi connectivity index (χ1n) is 6.50. The Hall–Kier alpha value is -2.21. The highest BCUT2D eigenvalue weighted by molar-refractivity contribution is 6.08. The number of hydrogen-bond acceptors (Lipinski definition) is 4. The summed E-state index contributed by atoms with van der Waals surface area (Å²) in [7, 11) is 1.43. The number of benzene rings is 1. The van der Waals surface area contributed by atoms with Gasteiger partial charge in [-0.25, -0.2) is 0 Å². The predicted octanol–water partition coefficient (Wildman–Crippen LogP) is -0.223. The lowest BCUT2D eigenvalue weighted by atomic mass is 10.1. The minimum atomic E-state index is -0.744. The number of amides is 3. The van der Waals surface area contributed by atoms with Crippen LogP contribution in [0.5, 0.6) is 0 Å². The molecule has 0 saturated carbocycles. The number of fused-ring (bicyclic) bond motifs is 1. The van der Waals surface area contributed by atoms with E-state index in [2.05, 4.69) is 10.6 Å². The van der Waals surface area contributed by atoms with E-state index in [-0.39, 0.29) is 24.1 Å². The quantitative estimate of drug-likeness (QED) is 0.730. The third-order valence-corrected chi connectivity index (χ3v) is 3.79. The van der Waals surface area contributed by atoms with Gasteiger partial charge < -0.3 is 10.6 Å². The third kappa shape index (κ3) is 2.08. The van der Waals surface area contributed by atoms with E-state index >= 15 is 0 Å². The molecule has 1 fully saturated rings. The number of rotatable bonds is 2. The topological polar surface area (TPSA) is 78.5 Å². The first kappa shape index (κ1) is 12.8. The fraction of sp³-hybridized carbons (Fsp3) is 0.357. The number of hydrogen-bond donors (Lipinski definition) is 2. The molecule has 0 radical (unpaired) electrons. The van der Waals surface area contributed by atoms with Gasteiger partial charge >= 0.3 is 0 Å². The first-order valence-corrected chi connectivity index (χ1v) is 6.50. The molecule has 2 aliphatic rings. The monoisotopic (exact) mass is 273 g/mol. The SMILES string of the molecule is CN1C(=O)CC(NC(=O)c2ccc3c(c2)CNC3)C1=O. The molecule has 6 heteroatoms. The summed E-state index contributed by atoms with van der Waals surface area (Å²) in [5.41, 5.74) is 2.80. The maximum absolute atomic E-state index is 12.1. The molecule has 1 saturated heterocycles. The number of likely N-dealkylation sites (N-methyl/N-ethyl adjacent to an activating group) is 1. The molecule has 104 valence electrons. The van der Waals surface area contributed by atoms with E-state index in [1.165, 1.54) is 12.6 Å². The summed E-state index contributed by atoms with van der Waals surface area (Å²) in [6, 6.07) is 4.74. The van der Waals surface area contributed by atoms with Crippen LogP contribution in [0.15, 0.2) is 18.2 Å². The molecule has 1 unspecified atom stereocenters. The molecule has 0 bridgehead atoms. The second kappa shape index (κ2) is 4.72. The van der Waals surface area contributed by atoms with E-state index in [1.807, 2.05) is 12.1 Å². The zero-order chi connectivity index (χ0) is 14.3. The van der Waals surface area contributed by atoms with Crippen molar-refractivity contribution in [3.8, 4) is 0 Å². The Bertz CT molecular complexity index is 612. The maximum Gasteiger partial charge on any atom is 0.252 e. The number of likely N-dealkylation sites (tertiary alicyclic amines) is 1. The molecule has 20 heavy (non-hydrogen) atoms. The van der Waals surface area contributed by atoms with Gasteiger partial charge in [-0.2, -0.15) is 0 Å². The van der Waals surface area contributed by atoms with Crippen molar-refractivity contribution in [2.75, 3.05) is 7.05 Å². The van der Waals surface area contributed by atoms with Gasteiger partial charge in [0.05, 0.1) is 6.42 Å². The molecule has 3 amide bonds. The first-order chi connectivity index (χ1) is 9.56. The van der Waals surface area contributed by atoms with E-state index in [9.17, 15) is 14.4 Å². The second-order valence-electron chi connectivity index (χ2n) is 5.11. The minimum absolute atomic E-state index is 0.0353. The van der Waals surface area contributed by atoms with Crippen LogP contribution in [-0.2, 0) is 22.7 Å². The zero-order valence-electron chi connectivity index (χ0n) is 11.1. The van der Waals surface area contributed by atoms with Gasteiger partial charge in [0.25, 0.3) is 11.8 Å². The van der Waals surface area contributed by atoms with Gasteiger partial charge in [-0.15, -0.1) is 0 Å². The Balaban J connectivity index is 1.74. The lowest BCUT2D eigenvalue weighted by Crippen LogP contribution is -2.40. The molecule has 0 aromatic heterocycles. The lowest BCUT2D eigenvalue weighted by molar-refractivity contribution is -0.137. The van der Waals surface area contributed by atoms with Crippen molar-refractivity contribution in [1.29, 1.82) is 0 Å². The van der Waals surface area contributed by atoms with Gasteiger partial charge in [0.2, 0.25) is 5.91 Å². The molecular weight excluding hydrogens is 258 g/mol. The second-order valence-corrected chi connectivity index (χ2v) is 5.11. The summed E-state index contributed by atoms with van der Waals surface area (Å²) in [6.07, 6.45) is 0.0353. The Labute approximate surface area is 116 Å². The van der Waals surface area contributed by atoms with Crippen LogP contribution < -0.4 is 10.6 Å². The van der Waals surface area contributed by atoms with Crippen LogP contribution in [0.4, 0.5) is 0 Å². The van der Waals surface area contributed by atoms with E-state index in [0.717, 1.165) is 23.6 Å². The summed E-state index contributed by atoms with van der Waals surface area (Å²) >= 11 is 0. The average Bonchev–Trinajstić information content (AvgIpc) is 2.99. The molecular formula is C14H15N3O3. The Kier molecular flexibility index (Phi) is 3.02. The highest BCUT2D eigenvalue weighted by atomic mass is 16.2. The predicted molar refractivity (Wildman–Crippen MR) is 70.6 cm³/mol. The van der Waals surface area contributed by atoms with Crippen LogP contribution in [-0.4, -0.2) is 35.7 Å². The molecule has 1 aromatic carbocycles. The summed E-state index contributed by atoms with van der Waals surface area (Å²) in [5.74, 6) is -0.939. The van der Waals surface area contributed by atoms with E-state index in [0.29, 0.717) is 5.56 Å². The zero-order valence-corrected chi connectivity index (χ0v) is 11.1. The molecule has 6 nitrogen and oxygen atoms in total. The molecule has 0 aliphatic carbocycles. The maximum atomic E-state index is 12.1. The van der Waals surface area contributed by atoms with E-state index in [1.54, 1.807) is 6.07 Å². The minimum Gasteiger partial charge on any atom is -0.340 e. The number of nitrogens with one attached hydrogen (secondary N) is 2. The summed E-state index contributed by atoms with van der Waals surface area (Å²) in [4.78, 5) is 36.4. The van der Waals surface area contributed by atoms with Gasteiger partial charge in [-0.3, -0.25) is 19.3 Å². The fourth-order valence-electron chi connectivity index (χ4n) is 2.55. The van der Waals surface area contributed by atoms with Crippen LogP contribution in [0.25, 0.3) is 0 Å². The largest absolute Gasteiger partial charge is 0.340 e. The van der Waals surface area contributed by atoms with Crippen molar-refractivity contribution in [2.45, 2.75) is 25.6 Å². The normalized spacial score (nSPS) is 21.2. The Morgan fingerprint density at radius 3 is 2.75 bits per heavy atom. The van der Waals surface area contributed by atoms with E-state index in [4.69, 9.17) is 0 Å². The number of carbonyl (C=O) groups is 3. The van der Waals surface area contributed by atoms with Crippen LogP contribution in [0, 0.1) is 0 Å². The molecule has 2 aliphatic heterocycles. The van der Waals surface area contributed by atoms with Gasteiger partial charge in [0.15, 0.2) is 0 Å². The number of nitrogens with zero attached hydrogens (tertiary/aromatic N) is 1. The number of imide groups is 1. The van der Waals surface area contributed by atoms with Crippen molar-refractivity contribution in [2.24, 2.45) is 0 Å². The highest BCUT2D eigenvalue weighted by Gasteiger charge is 2.37. The van der Waals surface area contributed by atoms with Crippen molar-refractivity contribution < 1.29 is 14.4 Å². The van der Waals surface area contributed by atoms with Gasteiger partial charge in [-0.05, 0) is 23.3 Å². The van der Waals surface area contributed by atoms with Crippen LogP contribution >= 0.6 is 0 Å². The summed E-state index contributed by atoms with van der Waals surface area (Å²) in [6.45, 7) is 1.57. The van der Waals surface area contributed by atoms with E-state index < -0.39 is 6.04 Å². The molecule has 0 spiro atoms. The van der Waals surface area contributed by atoms with Crippen LogP contribution in [0.3, 0.4) is 0 Å². The third-order valence-electron chi connectivity index (χ3n) is 3.79. The van der Waals surface area contributed by atoms with Crippen LogP contribution in [0.2, 0.25) is 0 Å². The highest BCUT2D eigenvalue weighted by Crippen LogP contribution is 2.18. The fourth-order valence-corrected chi connectivity index (χ4v) is 2.55. The summed E-state index contributed by atoms with van der Waals surface area (Å²) < 4.78 is 0. The molecule has 2 heterocycles. The Morgan fingerprint density at radius 1 is 1.30 bits per heavy atom. The standard InChI is InChI=1S/C14H15N3O3/c1-17-12(18)5-11(14(17)20)16-13(19)8-2-3-9-6-15-7-10(9)4-8/h2-4,11,15H,5-7H2,1H3,(H,16,19). The molecule has 2 N–H and O–H groups in total. The molecule has 3 rings (SSSR count). The van der Waals surface area contributed by atoms with Gasteiger partial charge in [-0.1, -0.05) is 6.07 Å². The van der Waals surface area contributed by atoms with Crippen molar-refractivity contribution in [3.05, 3.63) is 34.9 Å². The van der Waals surface area contributed by atoms with Crippen LogP contribution in [0.1, 0.15) is 27.9 Å². The lowest BCUT2D eigenvalue weighted by Gasteiger charge is -2.11. The molecule has 1 atom stereocenters. The smallest absolute Gasteiger partial charge is 0.252 e. The van der Waals surface area contributed by atoms with Crippen molar-refractivity contribution >= 4 is 17.7 Å². The summed E-state index contributed by atoms with van der Waals surface area (Å²) in [5, 5.41) is 5.83. The van der Waals surface area contributed by atoms with Gasteiger partial charge in [0.1, 0.15) is 6.04 Å².